The predicted octanol–water partition coefficient (Wildman–Crippen LogP) is 1.45. The van der Waals surface area contributed by atoms with Crippen molar-refractivity contribution in [3.8, 4) is 0 Å². The Hall–Kier alpha value is -2.42. The third-order valence-electron chi connectivity index (χ3n) is 2.65. The average molecular weight is 298 g/mol. The van der Waals surface area contributed by atoms with Gasteiger partial charge in [-0.3, -0.25) is 10.1 Å². The molecule has 116 valence electrons. The molecule has 1 atom stereocenters. The monoisotopic (exact) mass is 298 g/mol. The molecule has 0 saturated heterocycles. The van der Waals surface area contributed by atoms with E-state index >= 15 is 0 Å². The first-order chi connectivity index (χ1) is 9.93. The number of hydrogen-bond donors (Lipinski definition) is 2. The summed E-state index contributed by atoms with van der Waals surface area (Å²) in [5.74, 6) is -0.318. The van der Waals surface area contributed by atoms with Gasteiger partial charge >= 0.3 is 11.9 Å². The SMILES string of the molecule is CCCC[C@@H](O)CN(/N=C/c1ccc([N+](=O)[O-])o1)C(N)=O. The Kier molecular flexibility index (Phi) is 6.34. The highest BCUT2D eigenvalue weighted by Crippen LogP contribution is 2.14. The fourth-order valence-electron chi connectivity index (χ4n) is 1.56. The second-order valence-electron chi connectivity index (χ2n) is 4.39. The van der Waals surface area contributed by atoms with Crippen molar-refractivity contribution in [2.45, 2.75) is 32.3 Å². The lowest BCUT2D eigenvalue weighted by Crippen LogP contribution is -2.37. The van der Waals surface area contributed by atoms with Gasteiger partial charge in [-0.05, 0) is 12.5 Å². The number of hydrazone groups is 1. The third-order valence-corrected chi connectivity index (χ3v) is 2.65. The number of aliphatic hydroxyl groups excluding tert-OH is 1. The van der Waals surface area contributed by atoms with Gasteiger partial charge in [0.15, 0.2) is 5.76 Å². The summed E-state index contributed by atoms with van der Waals surface area (Å²) in [5.41, 5.74) is 5.15. The molecule has 0 radical (unpaired) electrons. The molecule has 1 aromatic rings. The van der Waals surface area contributed by atoms with E-state index < -0.39 is 22.9 Å². The van der Waals surface area contributed by atoms with E-state index in [0.29, 0.717) is 6.42 Å². The Bertz CT molecular complexity index is 514. The Morgan fingerprint density at radius 2 is 2.38 bits per heavy atom. The van der Waals surface area contributed by atoms with Crippen molar-refractivity contribution in [1.29, 1.82) is 0 Å². The minimum atomic E-state index is -0.831. The van der Waals surface area contributed by atoms with Gasteiger partial charge in [-0.15, -0.1) is 0 Å². The van der Waals surface area contributed by atoms with Crippen molar-refractivity contribution in [1.82, 2.24) is 5.01 Å². The summed E-state index contributed by atoms with van der Waals surface area (Å²) in [4.78, 5) is 21.0. The van der Waals surface area contributed by atoms with Gasteiger partial charge in [0, 0.05) is 0 Å². The zero-order chi connectivity index (χ0) is 15.8. The van der Waals surface area contributed by atoms with Crippen LogP contribution in [0, 0.1) is 10.1 Å². The number of unbranched alkanes of at least 4 members (excludes halogenated alkanes) is 1. The minimum absolute atomic E-state index is 0.0470. The molecular weight excluding hydrogens is 280 g/mol. The van der Waals surface area contributed by atoms with Crippen LogP contribution in [0.1, 0.15) is 31.9 Å². The maximum atomic E-state index is 11.2. The maximum Gasteiger partial charge on any atom is 0.433 e. The Labute approximate surface area is 121 Å². The van der Waals surface area contributed by atoms with Crippen LogP contribution in [0.25, 0.3) is 0 Å². The minimum Gasteiger partial charge on any atom is -0.400 e. The molecule has 0 aliphatic rings. The zero-order valence-corrected chi connectivity index (χ0v) is 11.6. The molecule has 21 heavy (non-hydrogen) atoms. The molecule has 0 aliphatic heterocycles. The van der Waals surface area contributed by atoms with Gasteiger partial charge < -0.3 is 15.3 Å². The molecule has 0 unspecified atom stereocenters. The highest BCUT2D eigenvalue weighted by molar-refractivity contribution is 5.79. The van der Waals surface area contributed by atoms with E-state index in [0.717, 1.165) is 24.1 Å². The summed E-state index contributed by atoms with van der Waals surface area (Å²) in [7, 11) is 0. The normalized spacial score (nSPS) is 12.5. The Morgan fingerprint density at radius 3 is 2.90 bits per heavy atom. The number of urea groups is 1. The lowest BCUT2D eigenvalue weighted by molar-refractivity contribution is -0.402. The van der Waals surface area contributed by atoms with Gasteiger partial charge in [0.2, 0.25) is 0 Å². The molecule has 9 heteroatoms. The molecule has 9 nitrogen and oxygen atoms in total. The second kappa shape index (κ2) is 8.00. The van der Waals surface area contributed by atoms with E-state index in [4.69, 9.17) is 10.2 Å². The molecule has 1 aromatic heterocycles. The first-order valence-corrected chi connectivity index (χ1v) is 6.47. The van der Waals surface area contributed by atoms with Crippen LogP contribution in [-0.2, 0) is 0 Å². The van der Waals surface area contributed by atoms with Crippen molar-refractivity contribution >= 4 is 18.1 Å². The van der Waals surface area contributed by atoms with Gasteiger partial charge in [0.25, 0.3) is 0 Å². The zero-order valence-electron chi connectivity index (χ0n) is 11.6. The average Bonchev–Trinajstić information content (AvgIpc) is 2.89. The molecule has 1 rings (SSSR count). The van der Waals surface area contributed by atoms with Crippen LogP contribution in [0.2, 0.25) is 0 Å². The van der Waals surface area contributed by atoms with Gasteiger partial charge in [0.1, 0.15) is 4.92 Å². The van der Waals surface area contributed by atoms with Crippen molar-refractivity contribution in [3.63, 3.8) is 0 Å². The molecule has 3 N–H and O–H groups in total. The predicted molar refractivity (Wildman–Crippen MR) is 74.8 cm³/mol. The molecule has 2 amide bonds. The van der Waals surface area contributed by atoms with Gasteiger partial charge in [-0.25, -0.2) is 9.80 Å². The lowest BCUT2D eigenvalue weighted by Gasteiger charge is -2.18. The lowest BCUT2D eigenvalue weighted by atomic mass is 10.1. The number of nitrogens with two attached hydrogens (primary N) is 1. The summed E-state index contributed by atoms with van der Waals surface area (Å²) < 4.78 is 4.86. The molecule has 0 fully saturated rings. The number of primary amides is 1. The van der Waals surface area contributed by atoms with E-state index in [1.54, 1.807) is 0 Å². The molecule has 0 spiro atoms. The molecule has 0 bridgehead atoms. The number of rotatable bonds is 8. The first-order valence-electron chi connectivity index (χ1n) is 6.47. The van der Waals surface area contributed by atoms with E-state index in [9.17, 15) is 20.0 Å². The first kappa shape index (κ1) is 16.6. The molecular formula is C12H18N4O5. The number of hydrogen-bond acceptors (Lipinski definition) is 6. The largest absolute Gasteiger partial charge is 0.433 e. The van der Waals surface area contributed by atoms with Crippen LogP contribution in [-0.4, -0.2) is 39.9 Å². The van der Waals surface area contributed by atoms with E-state index in [1.807, 2.05) is 6.92 Å². The van der Waals surface area contributed by atoms with E-state index in [-0.39, 0.29) is 12.3 Å². The van der Waals surface area contributed by atoms with Crippen LogP contribution in [0.3, 0.4) is 0 Å². The van der Waals surface area contributed by atoms with Crippen LogP contribution in [0.15, 0.2) is 21.7 Å². The van der Waals surface area contributed by atoms with E-state index in [1.165, 1.54) is 12.1 Å². The van der Waals surface area contributed by atoms with Crippen LogP contribution in [0.5, 0.6) is 0 Å². The topological polar surface area (TPSA) is 135 Å². The smallest absolute Gasteiger partial charge is 0.400 e. The van der Waals surface area contributed by atoms with Crippen molar-refractivity contribution in [3.05, 3.63) is 28.0 Å². The van der Waals surface area contributed by atoms with Gasteiger partial charge in [0.05, 0.1) is 24.9 Å². The molecule has 1 heterocycles. The molecule has 0 saturated carbocycles. The summed E-state index contributed by atoms with van der Waals surface area (Å²) in [6, 6.07) is 1.68. The van der Waals surface area contributed by atoms with Gasteiger partial charge in [-0.1, -0.05) is 19.8 Å². The number of amides is 2. The fourth-order valence-corrected chi connectivity index (χ4v) is 1.56. The number of aliphatic hydroxyl groups is 1. The summed E-state index contributed by atoms with van der Waals surface area (Å²) in [5, 5.41) is 24.8. The van der Waals surface area contributed by atoms with Crippen LogP contribution in [0.4, 0.5) is 10.7 Å². The summed E-state index contributed by atoms with van der Waals surface area (Å²) >= 11 is 0. The van der Waals surface area contributed by atoms with Crippen molar-refractivity contribution in [2.24, 2.45) is 10.8 Å². The van der Waals surface area contributed by atoms with Crippen molar-refractivity contribution in [2.75, 3.05) is 6.54 Å². The second-order valence-corrected chi connectivity index (χ2v) is 4.39. The quantitative estimate of drug-likeness (QED) is 0.425. The molecule has 0 aliphatic carbocycles. The number of carbonyl (C=O) groups is 1. The Balaban J connectivity index is 2.66. The fraction of sp³-hybridized carbons (Fsp3) is 0.500. The highest BCUT2D eigenvalue weighted by atomic mass is 16.6. The summed E-state index contributed by atoms with van der Waals surface area (Å²) in [6.07, 6.45) is 2.67. The standard InChI is InChI=1S/C12H18N4O5/c1-2-3-4-9(17)8-15(12(13)18)14-7-10-5-6-11(21-10)16(19)20/h5-7,9,17H,2-4,8H2,1H3,(H2,13,18)/b14-7+/t9-/m1/s1. The van der Waals surface area contributed by atoms with Crippen molar-refractivity contribution < 1.29 is 19.2 Å². The number of carbonyl (C=O) groups excluding carboxylic acids is 1. The Morgan fingerprint density at radius 1 is 1.67 bits per heavy atom. The maximum absolute atomic E-state index is 11.2. The van der Waals surface area contributed by atoms with Crippen LogP contribution < -0.4 is 5.73 Å². The van der Waals surface area contributed by atoms with Gasteiger partial charge in [-0.2, -0.15) is 5.10 Å². The van der Waals surface area contributed by atoms with E-state index in [2.05, 4.69) is 5.10 Å². The molecule has 0 aromatic carbocycles. The van der Waals surface area contributed by atoms with Crippen LogP contribution >= 0.6 is 0 Å². The number of nitrogens with zero attached hydrogens (tertiary/aromatic N) is 3. The number of furan rings is 1. The highest BCUT2D eigenvalue weighted by Gasteiger charge is 2.15. The number of nitro groups is 1. The summed E-state index contributed by atoms with van der Waals surface area (Å²) in [6.45, 7) is 1.94. The third kappa shape index (κ3) is 5.61.